The van der Waals surface area contributed by atoms with Crippen molar-refractivity contribution in [3.63, 3.8) is 0 Å². The number of nitrogens with zero attached hydrogens (tertiary/aromatic N) is 1. The van der Waals surface area contributed by atoms with Crippen LogP contribution in [0.25, 0.3) is 5.69 Å². The number of aromatic nitrogens is 1. The van der Waals surface area contributed by atoms with Crippen molar-refractivity contribution in [2.45, 2.75) is 13.1 Å². The SMILES string of the molecule is Cc1cc(N)cc(=O)n1-c1ccc(C(F)(F)F)cc1. The summed E-state index contributed by atoms with van der Waals surface area (Å²) in [5.41, 5.74) is 5.65. The number of pyridine rings is 1. The Hall–Kier alpha value is -2.24. The van der Waals surface area contributed by atoms with Gasteiger partial charge in [0.05, 0.1) is 5.56 Å². The fraction of sp³-hybridized carbons (Fsp3) is 0.154. The van der Waals surface area contributed by atoms with Gasteiger partial charge < -0.3 is 5.73 Å². The number of rotatable bonds is 1. The van der Waals surface area contributed by atoms with Gasteiger partial charge in [-0.1, -0.05) is 0 Å². The maximum absolute atomic E-state index is 12.4. The lowest BCUT2D eigenvalue weighted by atomic mass is 10.2. The summed E-state index contributed by atoms with van der Waals surface area (Å²) in [6, 6.07) is 7.21. The highest BCUT2D eigenvalue weighted by atomic mass is 19.4. The Bertz CT molecular complexity index is 657. The first-order chi connectivity index (χ1) is 8.79. The van der Waals surface area contributed by atoms with E-state index in [-0.39, 0.29) is 5.56 Å². The van der Waals surface area contributed by atoms with Gasteiger partial charge in [-0.3, -0.25) is 9.36 Å². The van der Waals surface area contributed by atoms with E-state index in [1.54, 1.807) is 13.0 Å². The van der Waals surface area contributed by atoms with Crippen LogP contribution in [0, 0.1) is 6.92 Å². The zero-order valence-corrected chi connectivity index (χ0v) is 10.0. The molecule has 2 N–H and O–H groups in total. The lowest BCUT2D eigenvalue weighted by Crippen LogP contribution is -2.20. The molecule has 1 aromatic carbocycles. The first-order valence-corrected chi connectivity index (χ1v) is 5.46. The van der Waals surface area contributed by atoms with Crippen LogP contribution in [-0.2, 0) is 6.18 Å². The molecular weight excluding hydrogens is 257 g/mol. The molecule has 19 heavy (non-hydrogen) atoms. The molecule has 100 valence electrons. The lowest BCUT2D eigenvalue weighted by Gasteiger charge is -2.12. The number of nitrogens with two attached hydrogens (primary N) is 1. The van der Waals surface area contributed by atoms with Crippen molar-refractivity contribution in [3.05, 3.63) is 58.0 Å². The van der Waals surface area contributed by atoms with Crippen LogP contribution in [0.15, 0.2) is 41.2 Å². The average Bonchev–Trinajstić information content (AvgIpc) is 2.27. The molecule has 0 unspecified atom stereocenters. The van der Waals surface area contributed by atoms with Crippen LogP contribution in [0.1, 0.15) is 11.3 Å². The fourth-order valence-electron chi connectivity index (χ4n) is 1.86. The molecule has 0 bridgehead atoms. The largest absolute Gasteiger partial charge is 0.416 e. The van der Waals surface area contributed by atoms with Gasteiger partial charge in [0.2, 0.25) is 0 Å². The molecule has 0 atom stereocenters. The number of alkyl halides is 3. The maximum atomic E-state index is 12.4. The van der Waals surface area contributed by atoms with Crippen molar-refractivity contribution in [1.29, 1.82) is 0 Å². The van der Waals surface area contributed by atoms with E-state index in [1.807, 2.05) is 0 Å². The first kappa shape index (κ1) is 13.2. The van der Waals surface area contributed by atoms with E-state index in [9.17, 15) is 18.0 Å². The summed E-state index contributed by atoms with van der Waals surface area (Å²) in [5, 5.41) is 0. The van der Waals surface area contributed by atoms with Gasteiger partial charge in [-0.25, -0.2) is 0 Å². The van der Waals surface area contributed by atoms with Gasteiger partial charge in [0, 0.05) is 23.1 Å². The molecule has 0 aliphatic heterocycles. The summed E-state index contributed by atoms with van der Waals surface area (Å²) in [6.45, 7) is 1.66. The minimum atomic E-state index is -4.39. The van der Waals surface area contributed by atoms with Crippen molar-refractivity contribution in [3.8, 4) is 5.69 Å². The molecule has 0 aliphatic carbocycles. The van der Waals surface area contributed by atoms with E-state index in [0.717, 1.165) is 12.1 Å². The van der Waals surface area contributed by atoms with Crippen LogP contribution in [0.4, 0.5) is 18.9 Å². The molecule has 6 heteroatoms. The molecular formula is C13H11F3N2O. The summed E-state index contributed by atoms with van der Waals surface area (Å²) >= 11 is 0. The minimum absolute atomic E-state index is 0.325. The van der Waals surface area contributed by atoms with Gasteiger partial charge in [0.25, 0.3) is 5.56 Å². The Morgan fingerprint density at radius 2 is 1.68 bits per heavy atom. The quantitative estimate of drug-likeness (QED) is 0.864. The van der Waals surface area contributed by atoms with Crippen LogP contribution in [-0.4, -0.2) is 4.57 Å². The van der Waals surface area contributed by atoms with Gasteiger partial charge >= 0.3 is 6.18 Å². The number of hydrogen-bond donors (Lipinski definition) is 1. The van der Waals surface area contributed by atoms with Gasteiger partial charge in [-0.15, -0.1) is 0 Å². The van der Waals surface area contributed by atoms with E-state index < -0.39 is 11.7 Å². The summed E-state index contributed by atoms with van der Waals surface area (Å²) in [7, 11) is 0. The smallest absolute Gasteiger partial charge is 0.399 e. The fourth-order valence-corrected chi connectivity index (χ4v) is 1.86. The molecule has 1 heterocycles. The first-order valence-electron chi connectivity index (χ1n) is 5.46. The summed E-state index contributed by atoms with van der Waals surface area (Å²) < 4.78 is 38.6. The predicted octanol–water partition coefficient (Wildman–Crippen LogP) is 2.75. The Morgan fingerprint density at radius 3 is 2.16 bits per heavy atom. The van der Waals surface area contributed by atoms with Crippen LogP contribution >= 0.6 is 0 Å². The number of benzene rings is 1. The molecule has 0 radical (unpaired) electrons. The topological polar surface area (TPSA) is 48.0 Å². The van der Waals surface area contributed by atoms with Crippen molar-refractivity contribution < 1.29 is 13.2 Å². The average molecular weight is 268 g/mol. The molecule has 0 saturated carbocycles. The van der Waals surface area contributed by atoms with E-state index in [4.69, 9.17) is 5.73 Å². The number of hydrogen-bond acceptors (Lipinski definition) is 2. The summed E-state index contributed by atoms with van der Waals surface area (Å²) in [6.07, 6.45) is -4.39. The molecule has 2 rings (SSSR count). The molecule has 0 amide bonds. The van der Waals surface area contributed by atoms with Gasteiger partial charge in [-0.2, -0.15) is 13.2 Å². The Balaban J connectivity index is 2.52. The van der Waals surface area contributed by atoms with Crippen molar-refractivity contribution in [2.24, 2.45) is 0 Å². The normalized spacial score (nSPS) is 11.6. The Kier molecular flexibility index (Phi) is 3.09. The molecule has 0 saturated heterocycles. The molecule has 1 aromatic heterocycles. The standard InChI is InChI=1S/C13H11F3N2O/c1-8-6-10(17)7-12(19)18(8)11-4-2-9(3-5-11)13(14,15)16/h2-7H,17H2,1H3. The molecule has 2 aromatic rings. The second-order valence-corrected chi connectivity index (χ2v) is 4.15. The number of aryl methyl sites for hydroxylation is 1. The molecule has 0 aliphatic rings. The second-order valence-electron chi connectivity index (χ2n) is 4.15. The monoisotopic (exact) mass is 268 g/mol. The summed E-state index contributed by atoms with van der Waals surface area (Å²) in [4.78, 5) is 11.8. The number of halogens is 3. The zero-order chi connectivity index (χ0) is 14.2. The molecule has 0 spiro atoms. The van der Waals surface area contributed by atoms with E-state index in [2.05, 4.69) is 0 Å². The highest BCUT2D eigenvalue weighted by molar-refractivity contribution is 5.43. The third kappa shape index (κ3) is 2.62. The number of nitrogen functional groups attached to an aromatic ring is 1. The van der Waals surface area contributed by atoms with E-state index >= 15 is 0 Å². The Labute approximate surface area is 107 Å². The van der Waals surface area contributed by atoms with Crippen LogP contribution in [0.3, 0.4) is 0 Å². The zero-order valence-electron chi connectivity index (χ0n) is 10.0. The molecule has 0 fully saturated rings. The van der Waals surface area contributed by atoms with Crippen molar-refractivity contribution >= 4 is 5.69 Å². The van der Waals surface area contributed by atoms with Gasteiger partial charge in [0.1, 0.15) is 0 Å². The third-order valence-electron chi connectivity index (χ3n) is 2.69. The predicted molar refractivity (Wildman–Crippen MR) is 66.2 cm³/mol. The second kappa shape index (κ2) is 4.46. The highest BCUT2D eigenvalue weighted by Gasteiger charge is 2.30. The van der Waals surface area contributed by atoms with E-state index in [0.29, 0.717) is 17.1 Å². The van der Waals surface area contributed by atoms with Crippen LogP contribution < -0.4 is 11.3 Å². The molecule has 3 nitrogen and oxygen atoms in total. The van der Waals surface area contributed by atoms with Crippen molar-refractivity contribution in [1.82, 2.24) is 4.57 Å². The summed E-state index contributed by atoms with van der Waals surface area (Å²) in [5.74, 6) is 0. The van der Waals surface area contributed by atoms with Crippen LogP contribution in [0.2, 0.25) is 0 Å². The minimum Gasteiger partial charge on any atom is -0.399 e. The number of anilines is 1. The van der Waals surface area contributed by atoms with Gasteiger partial charge in [-0.05, 0) is 37.3 Å². The highest BCUT2D eigenvalue weighted by Crippen LogP contribution is 2.29. The Morgan fingerprint density at radius 1 is 1.11 bits per heavy atom. The van der Waals surface area contributed by atoms with Crippen molar-refractivity contribution in [2.75, 3.05) is 5.73 Å². The third-order valence-corrected chi connectivity index (χ3v) is 2.69. The van der Waals surface area contributed by atoms with E-state index in [1.165, 1.54) is 22.8 Å². The van der Waals surface area contributed by atoms with Gasteiger partial charge in [0.15, 0.2) is 0 Å². The van der Waals surface area contributed by atoms with Crippen LogP contribution in [0.5, 0.6) is 0 Å². The lowest BCUT2D eigenvalue weighted by molar-refractivity contribution is -0.137. The maximum Gasteiger partial charge on any atom is 0.416 e.